The number of aryl methyl sites for hydroxylation is 2. The van der Waals surface area contributed by atoms with E-state index in [0.717, 1.165) is 5.56 Å². The lowest BCUT2D eigenvalue weighted by molar-refractivity contribution is 0.101. The molecule has 1 N–H and O–H groups in total. The number of nitrogens with zero attached hydrogens (tertiary/aromatic N) is 1. The smallest absolute Gasteiger partial charge is 0.278 e. The minimum absolute atomic E-state index is 0.0210. The zero-order chi connectivity index (χ0) is 17.8. The summed E-state index contributed by atoms with van der Waals surface area (Å²) in [6.45, 7) is 3.59. The molecule has 0 radical (unpaired) electrons. The summed E-state index contributed by atoms with van der Waals surface area (Å²) in [5, 5.41) is 6.58. The van der Waals surface area contributed by atoms with E-state index in [0.29, 0.717) is 17.0 Å². The van der Waals surface area contributed by atoms with E-state index in [2.05, 4.69) is 10.5 Å². The minimum Gasteiger partial charge on any atom is -0.486 e. The van der Waals surface area contributed by atoms with Crippen molar-refractivity contribution in [3.8, 4) is 5.75 Å². The van der Waals surface area contributed by atoms with Gasteiger partial charge in [-0.3, -0.25) is 4.79 Å². The predicted molar refractivity (Wildman–Crippen MR) is 91.1 cm³/mol. The van der Waals surface area contributed by atoms with Gasteiger partial charge in [-0.15, -0.1) is 0 Å². The number of para-hydroxylation sites is 1. The maximum absolute atomic E-state index is 13.7. The number of rotatable bonds is 5. The fourth-order valence-corrected chi connectivity index (χ4v) is 2.36. The summed E-state index contributed by atoms with van der Waals surface area (Å²) < 4.78 is 24.2. The third-order valence-corrected chi connectivity index (χ3v) is 3.68. The van der Waals surface area contributed by atoms with Crippen LogP contribution in [-0.2, 0) is 6.61 Å². The maximum atomic E-state index is 13.7. The molecular formula is C19H17FN2O3. The number of aromatic nitrogens is 1. The van der Waals surface area contributed by atoms with Crippen molar-refractivity contribution in [2.24, 2.45) is 0 Å². The number of amides is 1. The molecule has 0 aliphatic rings. The maximum Gasteiger partial charge on any atom is 0.278 e. The Morgan fingerprint density at radius 1 is 1.20 bits per heavy atom. The number of anilines is 1. The monoisotopic (exact) mass is 340 g/mol. The van der Waals surface area contributed by atoms with Crippen LogP contribution in [0.2, 0.25) is 0 Å². The Balaban J connectivity index is 1.77. The van der Waals surface area contributed by atoms with E-state index in [1.165, 1.54) is 12.1 Å². The number of benzene rings is 2. The molecule has 128 valence electrons. The molecule has 0 fully saturated rings. The first-order valence-electron chi connectivity index (χ1n) is 7.75. The lowest BCUT2D eigenvalue weighted by Gasteiger charge is -2.08. The first-order valence-corrected chi connectivity index (χ1v) is 7.75. The number of carbonyl (C=O) groups is 1. The van der Waals surface area contributed by atoms with Gasteiger partial charge in [-0.25, -0.2) is 4.39 Å². The van der Waals surface area contributed by atoms with Crippen molar-refractivity contribution in [2.45, 2.75) is 20.5 Å². The third kappa shape index (κ3) is 3.85. The van der Waals surface area contributed by atoms with Crippen molar-refractivity contribution in [3.05, 3.63) is 76.9 Å². The lowest BCUT2D eigenvalue weighted by atomic mass is 10.2. The Hall–Kier alpha value is -3.15. The molecule has 3 rings (SSSR count). The largest absolute Gasteiger partial charge is 0.486 e. The van der Waals surface area contributed by atoms with Crippen LogP contribution >= 0.6 is 0 Å². The van der Waals surface area contributed by atoms with Crippen LogP contribution in [0.15, 0.2) is 53.1 Å². The highest BCUT2D eigenvalue weighted by atomic mass is 19.1. The summed E-state index contributed by atoms with van der Waals surface area (Å²) in [6.07, 6.45) is 0. The van der Waals surface area contributed by atoms with Crippen molar-refractivity contribution in [1.29, 1.82) is 0 Å². The van der Waals surface area contributed by atoms with Gasteiger partial charge in [0, 0.05) is 5.69 Å². The Morgan fingerprint density at radius 2 is 2.00 bits per heavy atom. The number of nitrogens with one attached hydrogen (secondary N) is 1. The van der Waals surface area contributed by atoms with E-state index in [9.17, 15) is 9.18 Å². The van der Waals surface area contributed by atoms with E-state index in [1.54, 1.807) is 25.1 Å². The number of ether oxygens (including phenoxy) is 1. The van der Waals surface area contributed by atoms with Gasteiger partial charge in [0.25, 0.3) is 5.91 Å². The molecule has 25 heavy (non-hydrogen) atoms. The molecule has 0 atom stereocenters. The van der Waals surface area contributed by atoms with Crippen LogP contribution in [0, 0.1) is 19.7 Å². The summed E-state index contributed by atoms with van der Waals surface area (Å²) in [7, 11) is 0. The number of hydrogen-bond acceptors (Lipinski definition) is 4. The molecule has 6 heteroatoms. The Bertz CT molecular complexity index is 905. The van der Waals surface area contributed by atoms with Gasteiger partial charge in [-0.1, -0.05) is 29.4 Å². The van der Waals surface area contributed by atoms with E-state index in [4.69, 9.17) is 9.26 Å². The Labute approximate surface area is 144 Å². The van der Waals surface area contributed by atoms with E-state index in [-0.39, 0.29) is 18.1 Å². The summed E-state index contributed by atoms with van der Waals surface area (Å²) in [5.41, 5.74) is 2.28. The molecule has 5 nitrogen and oxygen atoms in total. The van der Waals surface area contributed by atoms with Crippen LogP contribution < -0.4 is 10.1 Å². The Kier molecular flexibility index (Phi) is 4.79. The van der Waals surface area contributed by atoms with Crippen LogP contribution in [0.25, 0.3) is 0 Å². The van der Waals surface area contributed by atoms with Crippen LogP contribution in [-0.4, -0.2) is 11.1 Å². The highest BCUT2D eigenvalue weighted by Gasteiger charge is 2.21. The van der Waals surface area contributed by atoms with Crippen molar-refractivity contribution in [1.82, 2.24) is 5.16 Å². The fraction of sp³-hybridized carbons (Fsp3) is 0.158. The molecule has 1 amide bonds. The summed E-state index contributed by atoms with van der Waals surface area (Å²) >= 11 is 0. The summed E-state index contributed by atoms with van der Waals surface area (Å²) in [4.78, 5) is 12.5. The average molecular weight is 340 g/mol. The van der Waals surface area contributed by atoms with Crippen LogP contribution in [0.5, 0.6) is 5.75 Å². The minimum atomic E-state index is -0.470. The Morgan fingerprint density at radius 3 is 2.76 bits per heavy atom. The molecule has 0 saturated heterocycles. The van der Waals surface area contributed by atoms with Gasteiger partial charge in [0.15, 0.2) is 17.3 Å². The molecule has 3 aromatic rings. The molecule has 0 aliphatic carbocycles. The molecule has 1 aromatic heterocycles. The van der Waals surface area contributed by atoms with Crippen LogP contribution in [0.3, 0.4) is 0 Å². The second kappa shape index (κ2) is 7.17. The SMILES string of the molecule is Cc1cccc(NC(=O)c2noc(C)c2COc2ccccc2F)c1. The molecule has 2 aromatic carbocycles. The van der Waals surface area contributed by atoms with Gasteiger partial charge in [0.2, 0.25) is 0 Å². The second-order valence-electron chi connectivity index (χ2n) is 5.61. The van der Waals surface area contributed by atoms with Gasteiger partial charge in [0.05, 0.1) is 5.56 Å². The standard InChI is InChI=1S/C19H17FN2O3/c1-12-6-5-7-14(10-12)21-19(23)18-15(13(2)25-22-18)11-24-17-9-4-3-8-16(17)20/h3-10H,11H2,1-2H3,(H,21,23). The second-order valence-corrected chi connectivity index (χ2v) is 5.61. The van der Waals surface area contributed by atoms with E-state index in [1.807, 2.05) is 25.1 Å². The molecular weight excluding hydrogens is 323 g/mol. The molecule has 1 heterocycles. The number of halogens is 1. The van der Waals surface area contributed by atoms with E-state index < -0.39 is 11.7 Å². The number of carbonyl (C=O) groups excluding carboxylic acids is 1. The van der Waals surface area contributed by atoms with Gasteiger partial charge in [-0.2, -0.15) is 0 Å². The zero-order valence-electron chi connectivity index (χ0n) is 13.9. The summed E-state index contributed by atoms with van der Waals surface area (Å²) in [5.74, 6) is -0.323. The van der Waals surface area contributed by atoms with Gasteiger partial charge in [-0.05, 0) is 43.7 Å². The third-order valence-electron chi connectivity index (χ3n) is 3.68. The number of hydrogen-bond donors (Lipinski definition) is 1. The topological polar surface area (TPSA) is 64.4 Å². The first-order chi connectivity index (χ1) is 12.0. The molecule has 0 spiro atoms. The highest BCUT2D eigenvalue weighted by molar-refractivity contribution is 6.03. The molecule has 0 saturated carbocycles. The predicted octanol–water partition coefficient (Wildman–Crippen LogP) is 4.26. The molecule has 0 aliphatic heterocycles. The van der Waals surface area contributed by atoms with Gasteiger partial charge < -0.3 is 14.6 Å². The van der Waals surface area contributed by atoms with Gasteiger partial charge >= 0.3 is 0 Å². The van der Waals surface area contributed by atoms with Crippen molar-refractivity contribution >= 4 is 11.6 Å². The van der Waals surface area contributed by atoms with Crippen LogP contribution in [0.4, 0.5) is 10.1 Å². The fourth-order valence-electron chi connectivity index (χ4n) is 2.36. The first kappa shape index (κ1) is 16.7. The summed E-state index contributed by atoms with van der Waals surface area (Å²) in [6, 6.07) is 13.5. The average Bonchev–Trinajstić information content (AvgIpc) is 2.95. The van der Waals surface area contributed by atoms with Crippen molar-refractivity contribution in [3.63, 3.8) is 0 Å². The normalized spacial score (nSPS) is 10.5. The highest BCUT2D eigenvalue weighted by Crippen LogP contribution is 2.21. The lowest BCUT2D eigenvalue weighted by Crippen LogP contribution is -2.15. The van der Waals surface area contributed by atoms with Crippen LogP contribution in [0.1, 0.15) is 27.4 Å². The molecule has 0 unspecified atom stereocenters. The quantitative estimate of drug-likeness (QED) is 0.754. The van der Waals surface area contributed by atoms with Crippen molar-refractivity contribution in [2.75, 3.05) is 5.32 Å². The van der Waals surface area contributed by atoms with Crippen molar-refractivity contribution < 1.29 is 18.4 Å². The van der Waals surface area contributed by atoms with E-state index >= 15 is 0 Å². The zero-order valence-corrected chi connectivity index (χ0v) is 13.9. The molecule has 0 bridgehead atoms. The van der Waals surface area contributed by atoms with Gasteiger partial charge in [0.1, 0.15) is 12.4 Å².